The van der Waals surface area contributed by atoms with E-state index in [0.717, 1.165) is 5.56 Å². The summed E-state index contributed by atoms with van der Waals surface area (Å²) in [4.78, 5) is 12.2. The Hall–Kier alpha value is -4.22. The van der Waals surface area contributed by atoms with Crippen LogP contribution >= 0.6 is 0 Å². The summed E-state index contributed by atoms with van der Waals surface area (Å²) in [5.74, 6) is -0.414. The van der Waals surface area contributed by atoms with Crippen molar-refractivity contribution >= 4 is 17.3 Å². The van der Waals surface area contributed by atoms with Crippen LogP contribution in [-0.4, -0.2) is 36.5 Å². The van der Waals surface area contributed by atoms with Gasteiger partial charge in [0.25, 0.3) is 0 Å². The predicted molar refractivity (Wildman–Crippen MR) is 121 cm³/mol. The standard InChI is InChI=1S/C24H23N3O5/c1-31-21-13-20(23(24(29)30)27-18-7-5-15(14-25)6-8-18)22(32-10-9-28)12-19(21)16-3-2-4-17(26)11-16/h2-8,11-13,23,27-28H,9-10,26H2,1H3,(H,29,30). The van der Waals surface area contributed by atoms with Gasteiger partial charge >= 0.3 is 5.97 Å². The summed E-state index contributed by atoms with van der Waals surface area (Å²) in [6.45, 7) is -0.251. The van der Waals surface area contributed by atoms with Gasteiger partial charge in [-0.15, -0.1) is 0 Å². The van der Waals surface area contributed by atoms with Crippen LogP contribution < -0.4 is 20.5 Å². The van der Waals surface area contributed by atoms with E-state index >= 15 is 0 Å². The Kier molecular flexibility index (Phi) is 7.16. The Labute approximate surface area is 185 Å². The van der Waals surface area contributed by atoms with Crippen LogP contribution in [0.4, 0.5) is 11.4 Å². The number of hydrogen-bond donors (Lipinski definition) is 4. The summed E-state index contributed by atoms with van der Waals surface area (Å²) < 4.78 is 11.2. The molecule has 8 heteroatoms. The van der Waals surface area contributed by atoms with Crippen LogP contribution in [-0.2, 0) is 4.79 Å². The van der Waals surface area contributed by atoms with Gasteiger partial charge in [-0.1, -0.05) is 12.1 Å². The number of aliphatic hydroxyl groups is 1. The molecule has 0 saturated heterocycles. The number of hydrogen-bond acceptors (Lipinski definition) is 7. The number of nitrogens with zero attached hydrogens (tertiary/aromatic N) is 1. The summed E-state index contributed by atoms with van der Waals surface area (Å²) in [6.07, 6.45) is 0. The molecule has 0 heterocycles. The predicted octanol–water partition coefficient (Wildman–Crippen LogP) is 3.42. The summed E-state index contributed by atoms with van der Waals surface area (Å²) in [5, 5.41) is 31.1. The molecule has 0 saturated carbocycles. The number of benzene rings is 3. The lowest BCUT2D eigenvalue weighted by Gasteiger charge is -2.22. The second kappa shape index (κ2) is 10.2. The number of aliphatic carboxylic acids is 1. The van der Waals surface area contributed by atoms with Crippen molar-refractivity contribution in [2.75, 3.05) is 31.4 Å². The zero-order valence-corrected chi connectivity index (χ0v) is 17.4. The highest BCUT2D eigenvalue weighted by Crippen LogP contribution is 2.40. The first-order valence-corrected chi connectivity index (χ1v) is 9.77. The fourth-order valence-corrected chi connectivity index (χ4v) is 3.26. The van der Waals surface area contributed by atoms with E-state index in [-0.39, 0.29) is 19.0 Å². The van der Waals surface area contributed by atoms with Gasteiger partial charge in [0.15, 0.2) is 6.04 Å². The molecule has 32 heavy (non-hydrogen) atoms. The highest BCUT2D eigenvalue weighted by Gasteiger charge is 2.26. The summed E-state index contributed by atoms with van der Waals surface area (Å²) in [5.41, 5.74) is 9.22. The summed E-state index contributed by atoms with van der Waals surface area (Å²) in [7, 11) is 1.49. The fourth-order valence-electron chi connectivity index (χ4n) is 3.26. The number of carboxylic acids is 1. The van der Waals surface area contributed by atoms with E-state index < -0.39 is 12.0 Å². The van der Waals surface area contributed by atoms with Crippen molar-refractivity contribution in [3.05, 3.63) is 71.8 Å². The van der Waals surface area contributed by atoms with Gasteiger partial charge in [-0.3, -0.25) is 0 Å². The van der Waals surface area contributed by atoms with Crippen LogP contribution in [0.5, 0.6) is 11.5 Å². The molecule has 1 atom stereocenters. The third-order valence-electron chi connectivity index (χ3n) is 4.76. The van der Waals surface area contributed by atoms with Gasteiger partial charge < -0.3 is 30.7 Å². The third kappa shape index (κ3) is 5.09. The zero-order valence-electron chi connectivity index (χ0n) is 17.4. The van der Waals surface area contributed by atoms with Crippen LogP contribution in [0.3, 0.4) is 0 Å². The Morgan fingerprint density at radius 2 is 1.91 bits per heavy atom. The minimum atomic E-state index is -1.18. The fraction of sp³-hybridized carbons (Fsp3) is 0.167. The molecule has 1 unspecified atom stereocenters. The average Bonchev–Trinajstić information content (AvgIpc) is 2.81. The molecule has 164 valence electrons. The first kappa shape index (κ1) is 22.5. The number of rotatable bonds is 9. The maximum absolute atomic E-state index is 12.2. The quantitative estimate of drug-likeness (QED) is 0.377. The molecule has 0 spiro atoms. The van der Waals surface area contributed by atoms with E-state index in [2.05, 4.69) is 5.32 Å². The Morgan fingerprint density at radius 1 is 1.16 bits per heavy atom. The number of anilines is 2. The second-order valence-electron chi connectivity index (χ2n) is 6.89. The van der Waals surface area contributed by atoms with Gasteiger partial charge in [-0.2, -0.15) is 5.26 Å². The molecule has 0 aliphatic heterocycles. The Bertz CT molecular complexity index is 1140. The molecule has 3 aromatic carbocycles. The van der Waals surface area contributed by atoms with Gasteiger partial charge in [-0.05, 0) is 54.1 Å². The third-order valence-corrected chi connectivity index (χ3v) is 4.76. The van der Waals surface area contributed by atoms with Crippen LogP contribution in [0.25, 0.3) is 11.1 Å². The lowest BCUT2D eigenvalue weighted by atomic mass is 9.97. The molecule has 0 aliphatic rings. The number of carboxylic acid groups (broad SMARTS) is 1. The van der Waals surface area contributed by atoms with E-state index in [1.54, 1.807) is 54.6 Å². The minimum Gasteiger partial charge on any atom is -0.496 e. The highest BCUT2D eigenvalue weighted by molar-refractivity contribution is 5.83. The molecule has 8 nitrogen and oxygen atoms in total. The van der Waals surface area contributed by atoms with Crippen molar-refractivity contribution < 1.29 is 24.5 Å². The van der Waals surface area contributed by atoms with Gasteiger partial charge in [0, 0.05) is 22.5 Å². The Morgan fingerprint density at radius 3 is 2.50 bits per heavy atom. The summed E-state index contributed by atoms with van der Waals surface area (Å²) in [6, 6.07) is 17.7. The molecule has 3 rings (SSSR count). The molecule has 0 radical (unpaired) electrons. The number of aliphatic hydroxyl groups excluding tert-OH is 1. The van der Waals surface area contributed by atoms with Gasteiger partial charge in [0.05, 0.1) is 25.3 Å². The lowest BCUT2D eigenvalue weighted by molar-refractivity contribution is -0.138. The molecule has 3 aromatic rings. The number of ether oxygens (including phenoxy) is 2. The van der Waals surface area contributed by atoms with Gasteiger partial charge in [0.1, 0.15) is 18.1 Å². The normalized spacial score (nSPS) is 11.3. The van der Waals surface area contributed by atoms with E-state index in [1.807, 2.05) is 12.1 Å². The van der Waals surface area contributed by atoms with Crippen molar-refractivity contribution in [1.29, 1.82) is 5.26 Å². The number of nitriles is 1. The van der Waals surface area contributed by atoms with E-state index in [9.17, 15) is 15.0 Å². The molecule has 0 bridgehead atoms. The largest absolute Gasteiger partial charge is 0.496 e. The van der Waals surface area contributed by atoms with Crippen LogP contribution in [0.15, 0.2) is 60.7 Å². The van der Waals surface area contributed by atoms with E-state index in [0.29, 0.717) is 33.8 Å². The van der Waals surface area contributed by atoms with Crippen LogP contribution in [0.2, 0.25) is 0 Å². The van der Waals surface area contributed by atoms with Crippen LogP contribution in [0.1, 0.15) is 17.2 Å². The first-order valence-electron chi connectivity index (χ1n) is 9.77. The van der Waals surface area contributed by atoms with Crippen molar-refractivity contribution in [3.8, 4) is 28.7 Å². The van der Waals surface area contributed by atoms with Gasteiger partial charge in [0.2, 0.25) is 0 Å². The molecule has 0 fully saturated rings. The van der Waals surface area contributed by atoms with Crippen molar-refractivity contribution in [1.82, 2.24) is 0 Å². The van der Waals surface area contributed by atoms with Crippen molar-refractivity contribution in [3.63, 3.8) is 0 Å². The monoisotopic (exact) mass is 433 g/mol. The maximum Gasteiger partial charge on any atom is 0.330 e. The molecule has 5 N–H and O–H groups in total. The Balaban J connectivity index is 2.10. The van der Waals surface area contributed by atoms with E-state index in [1.165, 1.54) is 7.11 Å². The molecule has 0 aromatic heterocycles. The average molecular weight is 433 g/mol. The summed E-state index contributed by atoms with van der Waals surface area (Å²) >= 11 is 0. The lowest BCUT2D eigenvalue weighted by Crippen LogP contribution is -2.22. The second-order valence-corrected chi connectivity index (χ2v) is 6.89. The van der Waals surface area contributed by atoms with E-state index in [4.69, 9.17) is 20.5 Å². The molecular formula is C24H23N3O5. The topological polar surface area (TPSA) is 138 Å². The molecular weight excluding hydrogens is 410 g/mol. The highest BCUT2D eigenvalue weighted by atomic mass is 16.5. The smallest absolute Gasteiger partial charge is 0.330 e. The molecule has 0 aliphatic carbocycles. The number of nitrogen functional groups attached to an aromatic ring is 1. The van der Waals surface area contributed by atoms with Crippen molar-refractivity contribution in [2.24, 2.45) is 0 Å². The van der Waals surface area contributed by atoms with Crippen molar-refractivity contribution in [2.45, 2.75) is 6.04 Å². The SMILES string of the molecule is COc1cc(C(Nc2ccc(C#N)cc2)C(=O)O)c(OCCO)cc1-c1cccc(N)c1. The van der Waals surface area contributed by atoms with Gasteiger partial charge in [-0.25, -0.2) is 4.79 Å². The molecule has 0 amide bonds. The minimum absolute atomic E-state index is 0.0150. The number of methoxy groups -OCH3 is 1. The zero-order chi connectivity index (χ0) is 23.1. The van der Waals surface area contributed by atoms with Crippen LogP contribution in [0, 0.1) is 11.3 Å². The maximum atomic E-state index is 12.2. The number of nitrogens with two attached hydrogens (primary N) is 1. The first-order chi connectivity index (χ1) is 15.5. The number of carbonyl (C=O) groups is 1. The number of nitrogens with one attached hydrogen (secondary N) is 1.